The number of halogens is 2. The second kappa shape index (κ2) is 7.40. The number of aliphatic hydroxyl groups excluding tert-OH is 1. The number of carbonyl (C=O) groups excluding carboxylic acids is 1. The highest BCUT2D eigenvalue weighted by Crippen LogP contribution is 2.25. The lowest BCUT2D eigenvalue weighted by Gasteiger charge is -2.33. The number of likely N-dealkylation sites (tertiary alicyclic amines) is 1. The van der Waals surface area contributed by atoms with E-state index < -0.39 is 12.1 Å². The average molecular weight is 333 g/mol. The first kappa shape index (κ1) is 16.5. The van der Waals surface area contributed by atoms with Crippen LogP contribution in [0.15, 0.2) is 12.3 Å². The molecule has 0 saturated carbocycles. The van der Waals surface area contributed by atoms with E-state index in [1.165, 1.54) is 7.11 Å². The Hall–Kier alpha value is -0.880. The number of aromatic nitrogens is 1. The summed E-state index contributed by atoms with van der Waals surface area (Å²) in [6.07, 6.45) is 2.02. The lowest BCUT2D eigenvalue weighted by atomic mass is 9.91. The van der Waals surface area contributed by atoms with E-state index in [1.54, 1.807) is 12.3 Å². The number of hydrogen-bond acceptors (Lipinski definition) is 5. The fourth-order valence-corrected chi connectivity index (χ4v) is 2.95. The van der Waals surface area contributed by atoms with Crippen molar-refractivity contribution in [3.05, 3.63) is 28.0 Å². The Kier molecular flexibility index (Phi) is 5.81. The molecule has 1 saturated heterocycles. The molecule has 1 atom stereocenters. The van der Waals surface area contributed by atoms with Gasteiger partial charge in [0.2, 0.25) is 0 Å². The lowest BCUT2D eigenvalue weighted by Crippen LogP contribution is -2.40. The summed E-state index contributed by atoms with van der Waals surface area (Å²) in [5.41, 5.74) is 0.785. The van der Waals surface area contributed by atoms with Gasteiger partial charge in [0.1, 0.15) is 0 Å². The van der Waals surface area contributed by atoms with Gasteiger partial charge in [0.15, 0.2) is 6.10 Å². The van der Waals surface area contributed by atoms with Crippen molar-refractivity contribution in [1.29, 1.82) is 0 Å². The van der Waals surface area contributed by atoms with Crippen LogP contribution >= 0.6 is 23.2 Å². The van der Waals surface area contributed by atoms with E-state index in [0.29, 0.717) is 16.6 Å². The van der Waals surface area contributed by atoms with Gasteiger partial charge in [0.05, 0.1) is 22.8 Å². The highest BCUT2D eigenvalue weighted by Gasteiger charge is 2.30. The maximum Gasteiger partial charge on any atom is 0.334 e. The Morgan fingerprint density at radius 2 is 2.19 bits per heavy atom. The fourth-order valence-electron chi connectivity index (χ4n) is 2.51. The number of piperidine rings is 1. The number of rotatable bonds is 4. The first-order valence-electron chi connectivity index (χ1n) is 6.79. The van der Waals surface area contributed by atoms with Crippen molar-refractivity contribution in [3.63, 3.8) is 0 Å². The molecule has 0 aromatic carbocycles. The van der Waals surface area contributed by atoms with Gasteiger partial charge in [0, 0.05) is 12.7 Å². The summed E-state index contributed by atoms with van der Waals surface area (Å²) in [7, 11) is 1.29. The number of ether oxygens (including phenoxy) is 1. The minimum atomic E-state index is -1.03. The molecule has 0 radical (unpaired) electrons. The Labute approximate surface area is 133 Å². The average Bonchev–Trinajstić information content (AvgIpc) is 2.49. The molecule has 1 aliphatic rings. The number of hydrogen-bond donors (Lipinski definition) is 1. The zero-order valence-corrected chi connectivity index (χ0v) is 13.3. The molecule has 7 heteroatoms. The van der Waals surface area contributed by atoms with E-state index in [2.05, 4.69) is 14.6 Å². The molecule has 2 rings (SSSR count). The number of nitrogens with zero attached hydrogens (tertiary/aromatic N) is 2. The van der Waals surface area contributed by atoms with Crippen LogP contribution in [-0.2, 0) is 16.1 Å². The van der Waals surface area contributed by atoms with Crippen LogP contribution in [0.3, 0.4) is 0 Å². The molecule has 0 spiro atoms. The van der Waals surface area contributed by atoms with E-state index >= 15 is 0 Å². The van der Waals surface area contributed by atoms with Gasteiger partial charge in [0.25, 0.3) is 0 Å². The highest BCUT2D eigenvalue weighted by molar-refractivity contribution is 6.34. The normalized spacial score (nSPS) is 18.5. The number of carbonyl (C=O) groups is 1. The second-order valence-corrected chi connectivity index (χ2v) is 6.01. The van der Waals surface area contributed by atoms with Gasteiger partial charge in [-0.15, -0.1) is 0 Å². The maximum absolute atomic E-state index is 11.3. The third-order valence-electron chi connectivity index (χ3n) is 3.78. The zero-order chi connectivity index (χ0) is 15.4. The quantitative estimate of drug-likeness (QED) is 0.856. The predicted octanol–water partition coefficient (Wildman–Crippen LogP) is 2.13. The van der Waals surface area contributed by atoms with Crippen LogP contribution in [-0.4, -0.2) is 47.3 Å². The molecule has 1 unspecified atom stereocenters. The van der Waals surface area contributed by atoms with Crippen LogP contribution in [0.2, 0.25) is 10.0 Å². The summed E-state index contributed by atoms with van der Waals surface area (Å²) in [5, 5.41) is 10.9. The Morgan fingerprint density at radius 3 is 2.76 bits per heavy atom. The van der Waals surface area contributed by atoms with Crippen LogP contribution in [0.5, 0.6) is 0 Å². The van der Waals surface area contributed by atoms with Crippen molar-refractivity contribution >= 4 is 29.2 Å². The summed E-state index contributed by atoms with van der Waals surface area (Å²) in [6, 6.07) is 1.68. The molecule has 116 valence electrons. The molecule has 2 heterocycles. The van der Waals surface area contributed by atoms with E-state index in [1.807, 2.05) is 0 Å². The topological polar surface area (TPSA) is 62.7 Å². The summed E-state index contributed by atoms with van der Waals surface area (Å²) < 4.78 is 4.57. The van der Waals surface area contributed by atoms with Crippen molar-refractivity contribution in [2.75, 3.05) is 20.2 Å². The SMILES string of the molecule is COC(=O)C(O)C1CCN(Cc2ncc(Cl)cc2Cl)CC1. The van der Waals surface area contributed by atoms with Gasteiger partial charge < -0.3 is 9.84 Å². The lowest BCUT2D eigenvalue weighted by molar-refractivity contribution is -0.154. The molecule has 1 aromatic heterocycles. The van der Waals surface area contributed by atoms with Gasteiger partial charge in [-0.3, -0.25) is 9.88 Å². The first-order chi connectivity index (χ1) is 10.0. The van der Waals surface area contributed by atoms with Gasteiger partial charge in [-0.25, -0.2) is 4.79 Å². The van der Waals surface area contributed by atoms with Gasteiger partial charge in [-0.05, 0) is 37.9 Å². The Bertz CT molecular complexity index is 505. The molecule has 5 nitrogen and oxygen atoms in total. The fraction of sp³-hybridized carbons (Fsp3) is 0.571. The summed E-state index contributed by atoms with van der Waals surface area (Å²) in [6.45, 7) is 2.19. The molecule has 1 aliphatic heterocycles. The van der Waals surface area contributed by atoms with Crippen molar-refractivity contribution < 1.29 is 14.6 Å². The summed E-state index contributed by atoms with van der Waals surface area (Å²) in [4.78, 5) is 17.8. The van der Waals surface area contributed by atoms with Crippen LogP contribution in [0, 0.1) is 5.92 Å². The van der Waals surface area contributed by atoms with E-state index in [-0.39, 0.29) is 5.92 Å². The molecule has 1 fully saturated rings. The number of aliphatic hydroxyl groups is 1. The van der Waals surface area contributed by atoms with Crippen LogP contribution in [0.25, 0.3) is 0 Å². The van der Waals surface area contributed by atoms with E-state index in [9.17, 15) is 9.90 Å². The van der Waals surface area contributed by atoms with Crippen molar-refractivity contribution in [2.24, 2.45) is 5.92 Å². The van der Waals surface area contributed by atoms with Crippen molar-refractivity contribution in [1.82, 2.24) is 9.88 Å². The number of esters is 1. The maximum atomic E-state index is 11.3. The molecular weight excluding hydrogens is 315 g/mol. The number of methoxy groups -OCH3 is 1. The van der Waals surface area contributed by atoms with E-state index in [4.69, 9.17) is 23.2 Å². The predicted molar refractivity (Wildman–Crippen MR) is 80.3 cm³/mol. The number of pyridine rings is 1. The monoisotopic (exact) mass is 332 g/mol. The molecule has 1 N–H and O–H groups in total. The summed E-state index contributed by atoms with van der Waals surface area (Å²) in [5.74, 6) is -0.613. The minimum Gasteiger partial charge on any atom is -0.467 e. The van der Waals surface area contributed by atoms with Crippen molar-refractivity contribution in [2.45, 2.75) is 25.5 Å². The van der Waals surface area contributed by atoms with E-state index in [0.717, 1.165) is 31.6 Å². The third kappa shape index (κ3) is 4.30. The third-order valence-corrected chi connectivity index (χ3v) is 4.31. The van der Waals surface area contributed by atoms with Crippen LogP contribution < -0.4 is 0 Å². The standard InChI is InChI=1S/C14H18Cl2N2O3/c1-21-14(20)13(19)9-2-4-18(5-3-9)8-12-11(16)6-10(15)7-17-12/h6-7,9,13,19H,2-5,8H2,1H3. The minimum absolute atomic E-state index is 0.0534. The van der Waals surface area contributed by atoms with Crippen molar-refractivity contribution in [3.8, 4) is 0 Å². The molecule has 0 amide bonds. The Balaban J connectivity index is 1.88. The van der Waals surface area contributed by atoms with Gasteiger partial charge >= 0.3 is 5.97 Å². The largest absolute Gasteiger partial charge is 0.467 e. The molecule has 0 bridgehead atoms. The Morgan fingerprint density at radius 1 is 1.52 bits per heavy atom. The second-order valence-electron chi connectivity index (χ2n) is 5.16. The smallest absolute Gasteiger partial charge is 0.334 e. The molecular formula is C14H18Cl2N2O3. The molecule has 21 heavy (non-hydrogen) atoms. The zero-order valence-electron chi connectivity index (χ0n) is 11.8. The first-order valence-corrected chi connectivity index (χ1v) is 7.55. The summed E-state index contributed by atoms with van der Waals surface area (Å²) >= 11 is 11.9. The van der Waals surface area contributed by atoms with Crippen LogP contribution in [0.4, 0.5) is 0 Å². The van der Waals surface area contributed by atoms with Gasteiger partial charge in [-0.1, -0.05) is 23.2 Å². The van der Waals surface area contributed by atoms with Gasteiger partial charge in [-0.2, -0.15) is 0 Å². The van der Waals surface area contributed by atoms with Crippen LogP contribution in [0.1, 0.15) is 18.5 Å². The highest BCUT2D eigenvalue weighted by atomic mass is 35.5. The molecule has 0 aliphatic carbocycles. The molecule has 1 aromatic rings.